The highest BCUT2D eigenvalue weighted by molar-refractivity contribution is 7.89. The maximum absolute atomic E-state index is 13.2. The van der Waals surface area contributed by atoms with Crippen molar-refractivity contribution in [1.29, 1.82) is 0 Å². The first kappa shape index (κ1) is 17.7. The molecule has 0 radical (unpaired) electrons. The van der Waals surface area contributed by atoms with E-state index in [1.807, 2.05) is 6.07 Å². The van der Waals surface area contributed by atoms with Gasteiger partial charge in [-0.25, -0.2) is 8.42 Å². The van der Waals surface area contributed by atoms with E-state index in [1.54, 1.807) is 34.9 Å². The molecule has 136 valence electrons. The van der Waals surface area contributed by atoms with Crippen molar-refractivity contribution in [2.24, 2.45) is 11.8 Å². The van der Waals surface area contributed by atoms with Gasteiger partial charge in [-0.05, 0) is 36.8 Å². The Balaban J connectivity index is 1.55. The quantitative estimate of drug-likeness (QED) is 0.735. The van der Waals surface area contributed by atoms with Crippen LogP contribution in [0, 0.1) is 11.8 Å². The van der Waals surface area contributed by atoms with E-state index in [9.17, 15) is 8.42 Å². The third kappa shape index (κ3) is 3.31. The van der Waals surface area contributed by atoms with Crippen LogP contribution < -0.4 is 0 Å². The summed E-state index contributed by atoms with van der Waals surface area (Å²) in [5, 5.41) is 2.46. The van der Waals surface area contributed by atoms with Gasteiger partial charge in [-0.2, -0.15) is 4.31 Å². The zero-order valence-corrected chi connectivity index (χ0v) is 16.0. The van der Waals surface area contributed by atoms with Gasteiger partial charge in [0, 0.05) is 47.7 Å². The van der Waals surface area contributed by atoms with E-state index in [0.29, 0.717) is 29.8 Å². The lowest BCUT2D eigenvalue weighted by Gasteiger charge is -2.34. The van der Waals surface area contributed by atoms with E-state index >= 15 is 0 Å². The molecule has 2 aromatic rings. The average molecular weight is 389 g/mol. The Morgan fingerprint density at radius 3 is 2.73 bits per heavy atom. The number of rotatable bonds is 3. The fourth-order valence-electron chi connectivity index (χ4n) is 3.92. The summed E-state index contributed by atoms with van der Waals surface area (Å²) < 4.78 is 28.0. The van der Waals surface area contributed by atoms with Gasteiger partial charge in [-0.15, -0.1) is 0 Å². The Morgan fingerprint density at radius 2 is 1.96 bits per heavy atom. The summed E-state index contributed by atoms with van der Waals surface area (Å²) in [6.07, 6.45) is 12.3. The Morgan fingerprint density at radius 1 is 1.15 bits per heavy atom. The number of aromatic nitrogens is 1. The Labute approximate surface area is 159 Å². The number of hydrogen-bond acceptors (Lipinski definition) is 3. The number of pyridine rings is 1. The molecule has 1 aliphatic heterocycles. The molecule has 4 rings (SSSR count). The summed E-state index contributed by atoms with van der Waals surface area (Å²) in [4.78, 5) is 4.46. The second-order valence-electron chi connectivity index (χ2n) is 6.92. The van der Waals surface area contributed by atoms with Crippen molar-refractivity contribution < 1.29 is 8.42 Å². The van der Waals surface area contributed by atoms with E-state index in [2.05, 4.69) is 23.2 Å². The van der Waals surface area contributed by atoms with E-state index in [-0.39, 0.29) is 0 Å². The monoisotopic (exact) mass is 388 g/mol. The number of piperidine rings is 1. The highest BCUT2D eigenvalue weighted by Crippen LogP contribution is 2.34. The van der Waals surface area contributed by atoms with Gasteiger partial charge in [0.05, 0.1) is 4.90 Å². The second-order valence-corrected chi connectivity index (χ2v) is 9.31. The van der Waals surface area contributed by atoms with Crippen molar-refractivity contribution in [3.8, 4) is 0 Å². The van der Waals surface area contributed by atoms with Crippen LogP contribution in [0.5, 0.6) is 0 Å². The first-order valence-electron chi connectivity index (χ1n) is 8.91. The van der Waals surface area contributed by atoms with Crippen LogP contribution in [-0.2, 0) is 10.0 Å². The summed E-state index contributed by atoms with van der Waals surface area (Å²) >= 11 is 6.17. The maximum atomic E-state index is 13.2. The predicted molar refractivity (Wildman–Crippen MR) is 104 cm³/mol. The van der Waals surface area contributed by atoms with Crippen molar-refractivity contribution in [3.63, 3.8) is 0 Å². The molecule has 4 nitrogen and oxygen atoms in total. The zero-order valence-electron chi connectivity index (χ0n) is 14.4. The summed E-state index contributed by atoms with van der Waals surface area (Å²) in [5.74, 6) is 0.771. The Kier molecular flexibility index (Phi) is 4.86. The number of nitrogens with zero attached hydrogens (tertiary/aromatic N) is 2. The third-order valence-electron chi connectivity index (χ3n) is 5.35. The van der Waals surface area contributed by atoms with Gasteiger partial charge >= 0.3 is 0 Å². The van der Waals surface area contributed by atoms with Gasteiger partial charge in [0.2, 0.25) is 10.0 Å². The molecule has 1 fully saturated rings. The molecule has 1 aromatic heterocycles. The molecule has 1 saturated heterocycles. The predicted octanol–water partition coefficient (Wildman–Crippen LogP) is 4.33. The summed E-state index contributed by atoms with van der Waals surface area (Å²) in [6, 6.07) is 7.13. The standard InChI is InChI=1S/C20H21ClN2O2S/c21-18-5-1-3-16(13-18)15-8-11-23(12-9-15)26(24,25)20-6-2-4-17-14-22-10-7-19(17)20/h1-4,6-7,10,13-16H,5,8-9,11-12H2. The van der Waals surface area contributed by atoms with Crippen LogP contribution in [0.1, 0.15) is 19.3 Å². The van der Waals surface area contributed by atoms with Crippen molar-refractivity contribution in [2.75, 3.05) is 13.1 Å². The second kappa shape index (κ2) is 7.14. The first-order chi connectivity index (χ1) is 12.6. The fourth-order valence-corrected chi connectivity index (χ4v) is 5.84. The van der Waals surface area contributed by atoms with Gasteiger partial charge in [0.1, 0.15) is 0 Å². The van der Waals surface area contributed by atoms with Crippen molar-refractivity contribution in [2.45, 2.75) is 24.2 Å². The number of hydrogen-bond donors (Lipinski definition) is 0. The van der Waals surface area contributed by atoms with Gasteiger partial charge in [0.15, 0.2) is 0 Å². The summed E-state index contributed by atoms with van der Waals surface area (Å²) in [5.41, 5.74) is 0. The molecular formula is C20H21ClN2O2S. The van der Waals surface area contributed by atoms with Crippen LogP contribution >= 0.6 is 11.6 Å². The molecule has 2 aliphatic rings. The summed E-state index contributed by atoms with van der Waals surface area (Å²) in [6.45, 7) is 1.09. The topological polar surface area (TPSA) is 50.3 Å². The largest absolute Gasteiger partial charge is 0.264 e. The molecule has 1 atom stereocenters. The minimum Gasteiger partial charge on any atom is -0.264 e. The van der Waals surface area contributed by atoms with Crippen molar-refractivity contribution in [1.82, 2.24) is 9.29 Å². The zero-order chi connectivity index (χ0) is 18.1. The summed E-state index contributed by atoms with van der Waals surface area (Å²) in [7, 11) is -3.51. The van der Waals surface area contributed by atoms with Gasteiger partial charge < -0.3 is 0 Å². The molecule has 0 bridgehead atoms. The van der Waals surface area contributed by atoms with Crippen molar-refractivity contribution in [3.05, 3.63) is 59.9 Å². The average Bonchev–Trinajstić information content (AvgIpc) is 2.67. The van der Waals surface area contributed by atoms with Crippen LogP contribution in [0.25, 0.3) is 10.8 Å². The number of fused-ring (bicyclic) bond motifs is 1. The highest BCUT2D eigenvalue weighted by Gasteiger charge is 2.32. The fraction of sp³-hybridized carbons (Fsp3) is 0.350. The van der Waals surface area contributed by atoms with Gasteiger partial charge in [0.25, 0.3) is 0 Å². The number of sulfonamides is 1. The van der Waals surface area contributed by atoms with E-state index < -0.39 is 10.0 Å². The lowest BCUT2D eigenvalue weighted by Crippen LogP contribution is -2.39. The normalized spacial score (nSPS) is 22.5. The molecular weight excluding hydrogens is 368 g/mol. The van der Waals surface area contributed by atoms with Crippen LogP contribution in [-0.4, -0.2) is 30.8 Å². The van der Waals surface area contributed by atoms with E-state index in [4.69, 9.17) is 11.6 Å². The minimum atomic E-state index is -3.51. The Hall–Kier alpha value is -1.69. The van der Waals surface area contributed by atoms with E-state index in [0.717, 1.165) is 35.1 Å². The van der Waals surface area contributed by atoms with Crippen LogP contribution in [0.15, 0.2) is 64.8 Å². The molecule has 6 heteroatoms. The van der Waals surface area contributed by atoms with E-state index in [1.165, 1.54) is 0 Å². The van der Waals surface area contributed by atoms with Gasteiger partial charge in [-0.3, -0.25) is 4.98 Å². The molecule has 1 unspecified atom stereocenters. The Bertz CT molecular complexity index is 971. The van der Waals surface area contributed by atoms with Gasteiger partial charge in [-0.1, -0.05) is 42.0 Å². The maximum Gasteiger partial charge on any atom is 0.243 e. The minimum absolute atomic E-state index is 0.324. The first-order valence-corrected chi connectivity index (χ1v) is 10.7. The SMILES string of the molecule is O=S(=O)(c1cccc2cnccc12)N1CCC(C2C=CCC(Cl)=C2)CC1. The van der Waals surface area contributed by atoms with Crippen molar-refractivity contribution >= 4 is 32.4 Å². The van der Waals surface area contributed by atoms with Crippen LogP contribution in [0.3, 0.4) is 0 Å². The molecule has 0 N–H and O–H groups in total. The molecule has 1 aromatic carbocycles. The van der Waals surface area contributed by atoms with Crippen LogP contribution in [0.2, 0.25) is 0 Å². The number of benzene rings is 1. The molecule has 1 aliphatic carbocycles. The number of allylic oxidation sites excluding steroid dienone is 4. The molecule has 0 saturated carbocycles. The number of halogens is 1. The van der Waals surface area contributed by atoms with Crippen LogP contribution in [0.4, 0.5) is 0 Å². The smallest absolute Gasteiger partial charge is 0.243 e. The third-order valence-corrected chi connectivity index (χ3v) is 7.58. The lowest BCUT2D eigenvalue weighted by molar-refractivity contribution is 0.250. The lowest BCUT2D eigenvalue weighted by atomic mass is 9.83. The highest BCUT2D eigenvalue weighted by atomic mass is 35.5. The molecule has 0 spiro atoms. The molecule has 0 amide bonds. The molecule has 26 heavy (non-hydrogen) atoms. The molecule has 2 heterocycles.